The number of piperazine rings is 1. The average molecular weight is 357 g/mol. The molecule has 2 rings (SSSR count). The summed E-state index contributed by atoms with van der Waals surface area (Å²) in [6, 6.07) is 2.22. The second-order valence-corrected chi connectivity index (χ2v) is 7.22. The summed E-state index contributed by atoms with van der Waals surface area (Å²) >= 11 is 0. The van der Waals surface area contributed by atoms with Gasteiger partial charge in [0.1, 0.15) is 17.2 Å². The minimum Gasteiger partial charge on any atom is -0.465 e. The van der Waals surface area contributed by atoms with Gasteiger partial charge in [0.2, 0.25) is 10.0 Å². The van der Waals surface area contributed by atoms with Crippen molar-refractivity contribution in [3.63, 3.8) is 0 Å². The second-order valence-electron chi connectivity index (χ2n) is 5.33. The molecule has 134 valence electrons. The van der Waals surface area contributed by atoms with Crippen molar-refractivity contribution < 1.29 is 22.7 Å². The zero-order chi connectivity index (χ0) is 17.7. The molecular formula is C15H23N3O5S. The van der Waals surface area contributed by atoms with Crippen LogP contribution in [0.3, 0.4) is 0 Å². The van der Waals surface area contributed by atoms with E-state index < -0.39 is 28.3 Å². The van der Waals surface area contributed by atoms with Crippen molar-refractivity contribution in [3.05, 3.63) is 24.5 Å². The molecule has 1 aromatic rings. The van der Waals surface area contributed by atoms with Gasteiger partial charge in [0, 0.05) is 32.1 Å². The molecule has 0 aromatic carbocycles. The van der Waals surface area contributed by atoms with E-state index in [1.54, 1.807) is 31.9 Å². The first-order valence-electron chi connectivity index (χ1n) is 7.83. The van der Waals surface area contributed by atoms with Gasteiger partial charge >= 0.3 is 5.97 Å². The lowest BCUT2D eigenvalue weighted by Gasteiger charge is -2.43. The number of nitrogens with zero attached hydrogens (tertiary/aromatic N) is 3. The van der Waals surface area contributed by atoms with Gasteiger partial charge in [0.05, 0.1) is 6.61 Å². The van der Waals surface area contributed by atoms with Gasteiger partial charge in [0.25, 0.3) is 0 Å². The summed E-state index contributed by atoms with van der Waals surface area (Å²) in [6.45, 7) is 4.57. The van der Waals surface area contributed by atoms with E-state index in [2.05, 4.69) is 4.98 Å². The molecule has 0 radical (unpaired) electrons. The van der Waals surface area contributed by atoms with Crippen molar-refractivity contribution in [1.82, 2.24) is 14.2 Å². The van der Waals surface area contributed by atoms with Crippen LogP contribution in [0.4, 0.5) is 0 Å². The SMILES string of the molecule is CCOC(=O)C1C(OCC)N(S(=O)(=O)c2cccnc2)CCN1C. The molecule has 1 aromatic heterocycles. The Morgan fingerprint density at radius 2 is 2.08 bits per heavy atom. The molecule has 1 saturated heterocycles. The Hall–Kier alpha value is -1.55. The molecule has 0 spiro atoms. The van der Waals surface area contributed by atoms with Crippen molar-refractivity contribution in [1.29, 1.82) is 0 Å². The van der Waals surface area contributed by atoms with Crippen molar-refractivity contribution in [3.8, 4) is 0 Å². The van der Waals surface area contributed by atoms with Gasteiger partial charge in [-0.3, -0.25) is 14.7 Å². The van der Waals surface area contributed by atoms with E-state index in [9.17, 15) is 13.2 Å². The summed E-state index contributed by atoms with van der Waals surface area (Å²) in [4.78, 5) is 18.0. The number of hydrogen-bond acceptors (Lipinski definition) is 7. The number of ether oxygens (including phenoxy) is 2. The van der Waals surface area contributed by atoms with Gasteiger partial charge in [-0.25, -0.2) is 8.42 Å². The van der Waals surface area contributed by atoms with Crippen molar-refractivity contribution in [2.24, 2.45) is 0 Å². The van der Waals surface area contributed by atoms with Gasteiger partial charge in [-0.05, 0) is 33.0 Å². The molecule has 9 heteroatoms. The average Bonchev–Trinajstić information content (AvgIpc) is 2.56. The van der Waals surface area contributed by atoms with Crippen LogP contribution in [0.5, 0.6) is 0 Å². The standard InChI is InChI=1S/C15H23N3O5S/c1-4-22-14-13(15(19)23-5-2)17(3)9-10-18(14)24(20,21)12-7-6-8-16-11-12/h6-8,11,13-14H,4-5,9-10H2,1-3H3. The molecule has 1 aliphatic heterocycles. The maximum atomic E-state index is 12.9. The quantitative estimate of drug-likeness (QED) is 0.677. The fourth-order valence-electron chi connectivity index (χ4n) is 2.66. The second kappa shape index (κ2) is 8.02. The van der Waals surface area contributed by atoms with Crippen LogP contribution in [0.1, 0.15) is 13.8 Å². The Labute approximate surface area is 142 Å². The third-order valence-corrected chi connectivity index (χ3v) is 5.65. The summed E-state index contributed by atoms with van der Waals surface area (Å²) in [6.07, 6.45) is 1.85. The van der Waals surface area contributed by atoms with Gasteiger partial charge in [-0.2, -0.15) is 4.31 Å². The van der Waals surface area contributed by atoms with Crippen LogP contribution >= 0.6 is 0 Å². The minimum absolute atomic E-state index is 0.0712. The van der Waals surface area contributed by atoms with Gasteiger partial charge in [0.15, 0.2) is 0 Å². The van der Waals surface area contributed by atoms with Crippen molar-refractivity contribution in [2.75, 3.05) is 33.4 Å². The minimum atomic E-state index is -3.83. The smallest absolute Gasteiger partial charge is 0.327 e. The number of esters is 1. The Morgan fingerprint density at radius 1 is 1.33 bits per heavy atom. The Kier molecular flexibility index (Phi) is 6.27. The molecule has 2 atom stereocenters. The molecule has 1 fully saturated rings. The molecule has 1 aliphatic rings. The number of carbonyl (C=O) groups is 1. The van der Waals surface area contributed by atoms with Crippen LogP contribution in [0.25, 0.3) is 0 Å². The molecule has 0 saturated carbocycles. The summed E-state index contributed by atoms with van der Waals surface area (Å²) in [5, 5.41) is 0. The van der Waals surface area contributed by atoms with Crippen molar-refractivity contribution >= 4 is 16.0 Å². The van der Waals surface area contributed by atoms with E-state index in [1.807, 2.05) is 0 Å². The topological polar surface area (TPSA) is 89.0 Å². The normalized spacial score (nSPS) is 23.1. The highest BCUT2D eigenvalue weighted by molar-refractivity contribution is 7.89. The highest BCUT2D eigenvalue weighted by atomic mass is 32.2. The van der Waals surface area contributed by atoms with Crippen LogP contribution in [0, 0.1) is 0 Å². The first-order valence-corrected chi connectivity index (χ1v) is 9.27. The predicted octanol–water partition coefficient (Wildman–Crippen LogP) is 0.312. The third-order valence-electron chi connectivity index (χ3n) is 3.81. The third kappa shape index (κ3) is 3.75. The monoisotopic (exact) mass is 357 g/mol. The molecular weight excluding hydrogens is 334 g/mol. The Balaban J connectivity index is 2.39. The molecule has 24 heavy (non-hydrogen) atoms. The summed E-state index contributed by atoms with van der Waals surface area (Å²) in [7, 11) is -2.08. The molecule has 2 unspecified atom stereocenters. The highest BCUT2D eigenvalue weighted by Crippen LogP contribution is 2.25. The maximum Gasteiger partial charge on any atom is 0.327 e. The van der Waals surface area contributed by atoms with Crippen molar-refractivity contribution in [2.45, 2.75) is 31.0 Å². The van der Waals surface area contributed by atoms with Crippen LogP contribution in [0.2, 0.25) is 0 Å². The number of aromatic nitrogens is 1. The Bertz CT molecular complexity index is 652. The molecule has 0 aliphatic carbocycles. The zero-order valence-electron chi connectivity index (χ0n) is 14.1. The molecule has 2 heterocycles. The van der Waals surface area contributed by atoms with Gasteiger partial charge in [-0.15, -0.1) is 0 Å². The molecule has 0 bridgehead atoms. The maximum absolute atomic E-state index is 12.9. The number of carbonyl (C=O) groups excluding carboxylic acids is 1. The van der Waals surface area contributed by atoms with Crippen LogP contribution in [-0.2, 0) is 24.3 Å². The van der Waals surface area contributed by atoms with Gasteiger partial charge < -0.3 is 9.47 Å². The van der Waals surface area contributed by atoms with Crippen LogP contribution in [-0.4, -0.2) is 74.2 Å². The lowest BCUT2D eigenvalue weighted by atomic mass is 10.1. The Morgan fingerprint density at radius 3 is 2.67 bits per heavy atom. The number of pyridine rings is 1. The lowest BCUT2D eigenvalue weighted by Crippen LogP contribution is -2.63. The van der Waals surface area contributed by atoms with E-state index in [0.717, 1.165) is 0 Å². The number of likely N-dealkylation sites (N-methyl/N-ethyl adjacent to an activating group) is 1. The van der Waals surface area contributed by atoms with E-state index in [-0.39, 0.29) is 24.7 Å². The van der Waals surface area contributed by atoms with E-state index in [0.29, 0.717) is 6.54 Å². The number of sulfonamides is 1. The lowest BCUT2D eigenvalue weighted by molar-refractivity contribution is -0.165. The summed E-state index contributed by atoms with van der Waals surface area (Å²) in [5.41, 5.74) is 0. The highest BCUT2D eigenvalue weighted by Gasteiger charge is 2.46. The molecule has 8 nitrogen and oxygen atoms in total. The number of rotatable bonds is 6. The predicted molar refractivity (Wildman–Crippen MR) is 86.6 cm³/mol. The summed E-state index contributed by atoms with van der Waals surface area (Å²) < 4.78 is 37.8. The largest absolute Gasteiger partial charge is 0.465 e. The number of hydrogen-bond donors (Lipinski definition) is 0. The fraction of sp³-hybridized carbons (Fsp3) is 0.600. The summed E-state index contributed by atoms with van der Waals surface area (Å²) in [5.74, 6) is -0.496. The van der Waals surface area contributed by atoms with E-state index in [1.165, 1.54) is 22.8 Å². The molecule has 0 N–H and O–H groups in total. The first kappa shape index (κ1) is 18.8. The van der Waals surface area contributed by atoms with E-state index in [4.69, 9.17) is 9.47 Å². The van der Waals surface area contributed by atoms with Crippen LogP contribution < -0.4 is 0 Å². The van der Waals surface area contributed by atoms with Crippen LogP contribution in [0.15, 0.2) is 29.4 Å². The fourth-order valence-corrected chi connectivity index (χ4v) is 4.15. The van der Waals surface area contributed by atoms with E-state index >= 15 is 0 Å². The van der Waals surface area contributed by atoms with Gasteiger partial charge in [-0.1, -0.05) is 0 Å². The molecule has 0 amide bonds. The zero-order valence-corrected chi connectivity index (χ0v) is 14.9. The first-order chi connectivity index (χ1) is 11.4.